The summed E-state index contributed by atoms with van der Waals surface area (Å²) in [7, 11) is -3.92. The van der Waals surface area contributed by atoms with Gasteiger partial charge in [-0.1, -0.05) is 11.6 Å². The van der Waals surface area contributed by atoms with Gasteiger partial charge in [-0.15, -0.1) is 0 Å². The van der Waals surface area contributed by atoms with Gasteiger partial charge in [0.15, 0.2) is 0 Å². The molecule has 0 saturated heterocycles. The lowest BCUT2D eigenvalue weighted by molar-refractivity contribution is 0.600. The summed E-state index contributed by atoms with van der Waals surface area (Å²) in [4.78, 5) is 7.18. The van der Waals surface area contributed by atoms with E-state index in [2.05, 4.69) is 20.1 Å². The van der Waals surface area contributed by atoms with E-state index in [0.717, 1.165) is 24.5 Å². The van der Waals surface area contributed by atoms with Crippen molar-refractivity contribution in [1.29, 1.82) is 0 Å². The summed E-state index contributed by atoms with van der Waals surface area (Å²) in [5.74, 6) is 4.58. The summed E-state index contributed by atoms with van der Waals surface area (Å²) >= 11 is 5.75. The Labute approximate surface area is 119 Å². The van der Waals surface area contributed by atoms with Crippen molar-refractivity contribution in [1.82, 2.24) is 9.97 Å². The zero-order valence-electron chi connectivity index (χ0n) is 9.84. The number of nitrogens with one attached hydrogen (secondary N) is 2. The highest BCUT2D eigenvalue weighted by Gasteiger charge is 2.17. The maximum atomic E-state index is 12.9. The molecular formula is C10H9ClFN5O2S. The predicted molar refractivity (Wildman–Crippen MR) is 72.1 cm³/mol. The van der Waals surface area contributed by atoms with Crippen LogP contribution in [0.4, 0.5) is 16.0 Å². The second kappa shape index (κ2) is 5.57. The molecule has 1 heterocycles. The van der Waals surface area contributed by atoms with Crippen molar-refractivity contribution in [2.75, 3.05) is 10.1 Å². The van der Waals surface area contributed by atoms with E-state index in [0.29, 0.717) is 0 Å². The third-order valence-corrected chi connectivity index (χ3v) is 3.88. The highest BCUT2D eigenvalue weighted by molar-refractivity contribution is 7.92. The molecule has 2 rings (SSSR count). The highest BCUT2D eigenvalue weighted by Crippen LogP contribution is 2.25. The van der Waals surface area contributed by atoms with Crippen LogP contribution in [0.15, 0.2) is 35.5 Å². The molecule has 10 heteroatoms. The normalized spacial score (nSPS) is 11.2. The number of aromatic nitrogens is 2. The van der Waals surface area contributed by atoms with E-state index in [4.69, 9.17) is 17.4 Å². The van der Waals surface area contributed by atoms with E-state index in [1.807, 2.05) is 0 Å². The molecule has 7 nitrogen and oxygen atoms in total. The average molecular weight is 318 g/mol. The Morgan fingerprint density at radius 1 is 1.25 bits per heavy atom. The highest BCUT2D eigenvalue weighted by atomic mass is 35.5. The Kier molecular flexibility index (Phi) is 4.02. The van der Waals surface area contributed by atoms with Gasteiger partial charge in [-0.05, 0) is 18.2 Å². The molecule has 0 saturated carbocycles. The lowest BCUT2D eigenvalue weighted by Crippen LogP contribution is -2.15. The molecule has 0 bridgehead atoms. The summed E-state index contributed by atoms with van der Waals surface area (Å²) in [6.07, 6.45) is 2.14. The molecule has 20 heavy (non-hydrogen) atoms. The third kappa shape index (κ3) is 3.13. The fraction of sp³-hybridized carbons (Fsp3) is 0. The fourth-order valence-corrected chi connectivity index (χ4v) is 2.54. The summed E-state index contributed by atoms with van der Waals surface area (Å²) in [5, 5.41) is -0.0604. The Morgan fingerprint density at radius 2 is 1.90 bits per heavy atom. The maximum absolute atomic E-state index is 12.9. The first-order valence-corrected chi connectivity index (χ1v) is 7.05. The van der Waals surface area contributed by atoms with Gasteiger partial charge in [0.1, 0.15) is 10.7 Å². The lowest BCUT2D eigenvalue weighted by Gasteiger charge is -2.09. The number of hydrogen-bond donors (Lipinski definition) is 3. The largest absolute Gasteiger partial charge is 0.292 e. The number of benzene rings is 1. The van der Waals surface area contributed by atoms with Crippen molar-refractivity contribution in [2.45, 2.75) is 4.90 Å². The van der Waals surface area contributed by atoms with Gasteiger partial charge in [0.25, 0.3) is 10.0 Å². The SMILES string of the molecule is NNc1ncc(S(=O)(=O)Nc2ccc(F)cc2Cl)cn1. The van der Waals surface area contributed by atoms with Crippen molar-refractivity contribution >= 4 is 33.3 Å². The molecule has 106 valence electrons. The minimum absolute atomic E-state index is 0.0501. The van der Waals surface area contributed by atoms with E-state index in [1.165, 1.54) is 6.07 Å². The molecule has 4 N–H and O–H groups in total. The standard InChI is InChI=1S/C10H9ClFN5O2S/c11-8-3-6(12)1-2-9(8)17-20(18,19)7-4-14-10(16-13)15-5-7/h1-5,17H,13H2,(H,14,15,16). The van der Waals surface area contributed by atoms with E-state index < -0.39 is 15.8 Å². The first-order valence-electron chi connectivity index (χ1n) is 5.19. The molecule has 0 atom stereocenters. The number of nitrogen functional groups attached to an aromatic ring is 1. The van der Waals surface area contributed by atoms with Gasteiger partial charge in [-0.2, -0.15) is 0 Å². The number of halogens is 2. The topological polar surface area (TPSA) is 110 Å². The summed E-state index contributed by atoms with van der Waals surface area (Å²) < 4.78 is 39.2. The number of nitrogens with two attached hydrogens (primary N) is 1. The predicted octanol–water partition coefficient (Wildman–Crippen LogP) is 1.36. The van der Waals surface area contributed by atoms with Crippen LogP contribution in [0, 0.1) is 5.82 Å². The van der Waals surface area contributed by atoms with Crippen LogP contribution in [0.3, 0.4) is 0 Å². The second-order valence-corrected chi connectivity index (χ2v) is 5.71. The number of anilines is 2. The van der Waals surface area contributed by atoms with E-state index >= 15 is 0 Å². The lowest BCUT2D eigenvalue weighted by atomic mass is 10.3. The van der Waals surface area contributed by atoms with E-state index in [9.17, 15) is 12.8 Å². The van der Waals surface area contributed by atoms with E-state index in [1.54, 1.807) is 0 Å². The minimum atomic E-state index is -3.92. The van der Waals surface area contributed by atoms with Crippen LogP contribution in [0.1, 0.15) is 0 Å². The summed E-state index contributed by atoms with van der Waals surface area (Å²) in [5.41, 5.74) is 2.22. The van der Waals surface area contributed by atoms with Gasteiger partial charge in [0.2, 0.25) is 5.95 Å². The molecule has 0 radical (unpaired) electrons. The number of sulfonamides is 1. The summed E-state index contributed by atoms with van der Waals surface area (Å²) in [6.45, 7) is 0. The van der Waals surface area contributed by atoms with Gasteiger partial charge < -0.3 is 0 Å². The number of hydrazine groups is 1. The van der Waals surface area contributed by atoms with Crippen LogP contribution in [0.2, 0.25) is 5.02 Å². The zero-order valence-corrected chi connectivity index (χ0v) is 11.4. The van der Waals surface area contributed by atoms with Crippen LogP contribution in [-0.2, 0) is 10.0 Å². The molecule has 0 amide bonds. The molecule has 0 fully saturated rings. The molecule has 0 spiro atoms. The van der Waals surface area contributed by atoms with Gasteiger partial charge >= 0.3 is 0 Å². The third-order valence-electron chi connectivity index (χ3n) is 2.24. The summed E-state index contributed by atoms with van der Waals surface area (Å²) in [6, 6.07) is 3.30. The average Bonchev–Trinajstić information content (AvgIpc) is 2.42. The van der Waals surface area contributed by atoms with Crippen molar-refractivity contribution in [3.8, 4) is 0 Å². The number of rotatable bonds is 4. The zero-order chi connectivity index (χ0) is 14.8. The fourth-order valence-electron chi connectivity index (χ4n) is 1.31. The Balaban J connectivity index is 2.30. The smallest absolute Gasteiger partial charge is 0.265 e. The Morgan fingerprint density at radius 3 is 2.45 bits per heavy atom. The Bertz CT molecular complexity index is 723. The minimum Gasteiger partial charge on any atom is -0.292 e. The first kappa shape index (κ1) is 14.4. The van der Waals surface area contributed by atoms with Crippen molar-refractivity contribution in [2.24, 2.45) is 5.84 Å². The van der Waals surface area contributed by atoms with Gasteiger partial charge in [0.05, 0.1) is 23.1 Å². The van der Waals surface area contributed by atoms with Crippen molar-refractivity contribution < 1.29 is 12.8 Å². The van der Waals surface area contributed by atoms with Gasteiger partial charge in [0, 0.05) is 0 Å². The van der Waals surface area contributed by atoms with E-state index in [-0.39, 0.29) is 21.6 Å². The molecule has 1 aromatic heterocycles. The molecule has 1 aromatic carbocycles. The second-order valence-electron chi connectivity index (χ2n) is 3.62. The van der Waals surface area contributed by atoms with Crippen LogP contribution >= 0.6 is 11.6 Å². The molecule has 2 aromatic rings. The van der Waals surface area contributed by atoms with Crippen molar-refractivity contribution in [3.63, 3.8) is 0 Å². The molecule has 0 aliphatic carbocycles. The molecular weight excluding hydrogens is 309 g/mol. The molecule has 0 unspecified atom stereocenters. The quantitative estimate of drug-likeness (QED) is 0.580. The van der Waals surface area contributed by atoms with Crippen LogP contribution in [-0.4, -0.2) is 18.4 Å². The van der Waals surface area contributed by atoms with Crippen LogP contribution in [0.25, 0.3) is 0 Å². The number of nitrogens with zero attached hydrogens (tertiary/aromatic N) is 2. The van der Waals surface area contributed by atoms with Crippen LogP contribution < -0.4 is 16.0 Å². The van der Waals surface area contributed by atoms with Gasteiger partial charge in [-0.3, -0.25) is 10.1 Å². The first-order chi connectivity index (χ1) is 9.42. The van der Waals surface area contributed by atoms with Crippen LogP contribution in [0.5, 0.6) is 0 Å². The van der Waals surface area contributed by atoms with Crippen molar-refractivity contribution in [3.05, 3.63) is 41.4 Å². The molecule has 0 aliphatic rings. The Hall–Kier alpha value is -1.97. The maximum Gasteiger partial charge on any atom is 0.265 e. The van der Waals surface area contributed by atoms with Gasteiger partial charge in [-0.25, -0.2) is 28.6 Å². The molecule has 0 aliphatic heterocycles. The monoisotopic (exact) mass is 317 g/mol. The number of hydrogen-bond acceptors (Lipinski definition) is 6.